The fourth-order valence-electron chi connectivity index (χ4n) is 4.46. The third-order valence-electron chi connectivity index (χ3n) is 6.25. The van der Waals surface area contributed by atoms with Crippen LogP contribution < -0.4 is 0 Å². The summed E-state index contributed by atoms with van der Waals surface area (Å²) in [6, 6.07) is 38.8. The van der Waals surface area contributed by atoms with Crippen LogP contribution in [0.15, 0.2) is 115 Å². The second kappa shape index (κ2) is 7.85. The molecule has 0 radical (unpaired) electrons. The first-order valence-corrected chi connectivity index (χ1v) is 11.5. The molecule has 0 atom stereocenters. The monoisotopic (exact) mass is 449 g/mol. The highest BCUT2D eigenvalue weighted by atomic mass is 15.5. The fourth-order valence-corrected chi connectivity index (χ4v) is 4.46. The van der Waals surface area contributed by atoms with Gasteiger partial charge in [0.2, 0.25) is 0 Å². The summed E-state index contributed by atoms with van der Waals surface area (Å²) >= 11 is 0. The van der Waals surface area contributed by atoms with Crippen LogP contribution in [0, 0.1) is 0 Å². The zero-order valence-corrected chi connectivity index (χ0v) is 18.7. The number of pyridine rings is 2. The largest absolute Gasteiger partial charge is 0.245 e. The Balaban J connectivity index is 1.36. The maximum atomic E-state index is 5.07. The summed E-state index contributed by atoms with van der Waals surface area (Å²) in [4.78, 5) is 11.8. The van der Waals surface area contributed by atoms with E-state index in [0.29, 0.717) is 0 Å². The first kappa shape index (κ1) is 19.6. The standard InChI is InChI=1S/C30H19N5/c1-2-7-20(8-3-1)25-17-15-21-13-14-22-16-18-26(32-30(22)29(21)31-25)23-9-6-10-24(19-23)35-33-27-11-4-5-12-28(27)34-35/h1-19H. The lowest BCUT2D eigenvalue weighted by Crippen LogP contribution is -1.99. The maximum Gasteiger partial charge on any atom is 0.113 e. The highest BCUT2D eigenvalue weighted by molar-refractivity contribution is 6.04. The van der Waals surface area contributed by atoms with Gasteiger partial charge in [0, 0.05) is 21.9 Å². The Kier molecular flexibility index (Phi) is 4.39. The van der Waals surface area contributed by atoms with Gasteiger partial charge in [-0.05, 0) is 36.4 Å². The number of rotatable bonds is 3. The van der Waals surface area contributed by atoms with E-state index in [1.807, 2.05) is 54.6 Å². The smallest absolute Gasteiger partial charge is 0.113 e. The van der Waals surface area contributed by atoms with Crippen molar-refractivity contribution in [2.24, 2.45) is 0 Å². The predicted octanol–water partition coefficient (Wildman–Crippen LogP) is 6.85. The van der Waals surface area contributed by atoms with Crippen molar-refractivity contribution < 1.29 is 0 Å². The van der Waals surface area contributed by atoms with E-state index in [-0.39, 0.29) is 0 Å². The highest BCUT2D eigenvalue weighted by Crippen LogP contribution is 2.29. The molecule has 7 aromatic rings. The number of nitrogens with zero attached hydrogens (tertiary/aromatic N) is 5. The molecule has 5 heteroatoms. The van der Waals surface area contributed by atoms with Crippen LogP contribution in [0.2, 0.25) is 0 Å². The Bertz CT molecular complexity index is 1820. The second-order valence-electron chi connectivity index (χ2n) is 8.50. The molecular weight excluding hydrogens is 430 g/mol. The van der Waals surface area contributed by atoms with Gasteiger partial charge in [-0.3, -0.25) is 0 Å². The summed E-state index contributed by atoms with van der Waals surface area (Å²) in [5, 5.41) is 11.4. The Labute approximate surface area is 201 Å². The van der Waals surface area contributed by atoms with Gasteiger partial charge in [-0.15, -0.1) is 10.2 Å². The average Bonchev–Trinajstić information content (AvgIpc) is 3.38. The first-order valence-electron chi connectivity index (χ1n) is 11.5. The van der Waals surface area contributed by atoms with E-state index in [1.54, 1.807) is 4.80 Å². The van der Waals surface area contributed by atoms with Crippen molar-refractivity contribution in [1.82, 2.24) is 25.0 Å². The van der Waals surface area contributed by atoms with Gasteiger partial charge in [-0.25, -0.2) is 9.97 Å². The summed E-state index contributed by atoms with van der Waals surface area (Å²) < 4.78 is 0. The van der Waals surface area contributed by atoms with Crippen LogP contribution in [0.1, 0.15) is 0 Å². The van der Waals surface area contributed by atoms with Crippen LogP contribution >= 0.6 is 0 Å². The summed E-state index contributed by atoms with van der Waals surface area (Å²) in [7, 11) is 0. The molecule has 4 aromatic carbocycles. The molecule has 0 unspecified atom stereocenters. The number of fused-ring (bicyclic) bond motifs is 4. The van der Waals surface area contributed by atoms with Gasteiger partial charge < -0.3 is 0 Å². The molecule has 0 fully saturated rings. The summed E-state index contributed by atoms with van der Waals surface area (Å²) in [5.74, 6) is 0. The SMILES string of the molecule is c1ccc(-c2ccc3ccc4ccc(-c5cccc(-n6nc7ccccc7n6)c5)nc4c3n2)cc1. The van der Waals surface area contributed by atoms with Crippen molar-refractivity contribution in [3.05, 3.63) is 115 Å². The number of hydrogen-bond donors (Lipinski definition) is 0. The molecule has 0 aliphatic rings. The van der Waals surface area contributed by atoms with Gasteiger partial charge >= 0.3 is 0 Å². The number of hydrogen-bond acceptors (Lipinski definition) is 4. The minimum absolute atomic E-state index is 0.869. The molecule has 3 heterocycles. The van der Waals surface area contributed by atoms with Crippen LogP contribution in [0.4, 0.5) is 0 Å². The normalized spacial score (nSPS) is 11.4. The van der Waals surface area contributed by atoms with Crippen molar-refractivity contribution in [2.45, 2.75) is 0 Å². The zero-order chi connectivity index (χ0) is 23.2. The van der Waals surface area contributed by atoms with E-state index in [2.05, 4.69) is 70.9 Å². The molecule has 3 aromatic heterocycles. The lowest BCUT2D eigenvalue weighted by molar-refractivity contribution is 0.766. The van der Waals surface area contributed by atoms with Crippen LogP contribution in [-0.4, -0.2) is 25.0 Å². The minimum atomic E-state index is 0.869. The average molecular weight is 450 g/mol. The van der Waals surface area contributed by atoms with Crippen LogP contribution in [-0.2, 0) is 0 Å². The quantitative estimate of drug-likeness (QED) is 0.277. The Morgan fingerprint density at radius 1 is 0.457 bits per heavy atom. The molecule has 164 valence electrons. The van der Waals surface area contributed by atoms with E-state index in [1.165, 1.54) is 0 Å². The first-order chi connectivity index (χ1) is 17.3. The summed E-state index contributed by atoms with van der Waals surface area (Å²) in [6.07, 6.45) is 0. The van der Waals surface area contributed by atoms with E-state index in [0.717, 1.165) is 61.0 Å². The van der Waals surface area contributed by atoms with E-state index >= 15 is 0 Å². The topological polar surface area (TPSA) is 56.5 Å². The van der Waals surface area contributed by atoms with Crippen molar-refractivity contribution in [2.75, 3.05) is 0 Å². The molecule has 5 nitrogen and oxygen atoms in total. The molecule has 7 rings (SSSR count). The maximum absolute atomic E-state index is 5.07. The Morgan fingerprint density at radius 2 is 1.00 bits per heavy atom. The molecule has 0 amide bonds. The fraction of sp³-hybridized carbons (Fsp3) is 0. The molecule has 35 heavy (non-hydrogen) atoms. The number of benzene rings is 4. The van der Waals surface area contributed by atoms with Gasteiger partial charge in [0.1, 0.15) is 11.0 Å². The molecule has 0 bridgehead atoms. The van der Waals surface area contributed by atoms with Gasteiger partial charge in [0.25, 0.3) is 0 Å². The van der Waals surface area contributed by atoms with Crippen molar-refractivity contribution in [1.29, 1.82) is 0 Å². The van der Waals surface area contributed by atoms with E-state index < -0.39 is 0 Å². The number of aromatic nitrogens is 5. The molecule has 0 N–H and O–H groups in total. The molecule has 0 spiro atoms. The van der Waals surface area contributed by atoms with Gasteiger partial charge in [-0.2, -0.15) is 4.80 Å². The third kappa shape index (κ3) is 3.42. The molecule has 0 saturated carbocycles. The molecule has 0 aliphatic carbocycles. The minimum Gasteiger partial charge on any atom is -0.245 e. The van der Waals surface area contributed by atoms with Crippen LogP contribution in [0.5, 0.6) is 0 Å². The molecule has 0 saturated heterocycles. The summed E-state index contributed by atoms with van der Waals surface area (Å²) in [5.41, 5.74) is 8.35. The lowest BCUT2D eigenvalue weighted by Gasteiger charge is -2.09. The predicted molar refractivity (Wildman–Crippen MR) is 140 cm³/mol. The van der Waals surface area contributed by atoms with Crippen LogP contribution in [0.3, 0.4) is 0 Å². The zero-order valence-electron chi connectivity index (χ0n) is 18.7. The Morgan fingerprint density at radius 3 is 1.66 bits per heavy atom. The van der Waals surface area contributed by atoms with Crippen molar-refractivity contribution >= 4 is 32.8 Å². The lowest BCUT2D eigenvalue weighted by atomic mass is 10.1. The molecule has 0 aliphatic heterocycles. The van der Waals surface area contributed by atoms with Gasteiger partial charge in [-0.1, -0.05) is 78.9 Å². The van der Waals surface area contributed by atoms with E-state index in [4.69, 9.17) is 9.97 Å². The van der Waals surface area contributed by atoms with E-state index in [9.17, 15) is 0 Å². The molecular formula is C30H19N5. The van der Waals surface area contributed by atoms with Crippen molar-refractivity contribution in [3.8, 4) is 28.2 Å². The highest BCUT2D eigenvalue weighted by Gasteiger charge is 2.10. The van der Waals surface area contributed by atoms with Crippen molar-refractivity contribution in [3.63, 3.8) is 0 Å². The van der Waals surface area contributed by atoms with Crippen LogP contribution in [0.25, 0.3) is 61.0 Å². The second-order valence-corrected chi connectivity index (χ2v) is 8.50. The van der Waals surface area contributed by atoms with Gasteiger partial charge in [0.05, 0.1) is 28.1 Å². The third-order valence-corrected chi connectivity index (χ3v) is 6.25. The summed E-state index contributed by atoms with van der Waals surface area (Å²) in [6.45, 7) is 0. The van der Waals surface area contributed by atoms with Gasteiger partial charge in [0.15, 0.2) is 0 Å². The Hall–Kier alpha value is -4.90.